The molecule has 1 saturated carbocycles. The maximum Gasteiger partial charge on any atom is 0.303 e. The van der Waals surface area contributed by atoms with E-state index in [2.05, 4.69) is 0 Å². The molecule has 0 aromatic heterocycles. The van der Waals surface area contributed by atoms with Gasteiger partial charge in [0, 0.05) is 18.8 Å². The predicted molar refractivity (Wildman–Crippen MR) is 106 cm³/mol. The Balaban J connectivity index is 1.82. The molecule has 1 aromatic rings. The average molecular weight is 390 g/mol. The van der Waals surface area contributed by atoms with Crippen LogP contribution in [0.3, 0.4) is 0 Å². The van der Waals surface area contributed by atoms with Gasteiger partial charge in [-0.15, -0.1) is 0 Å². The normalized spacial score (nSPS) is 26.1. The highest BCUT2D eigenvalue weighted by Gasteiger charge is 2.39. The van der Waals surface area contributed by atoms with Gasteiger partial charge in [0.05, 0.1) is 12.2 Å². The molecule has 1 aromatic carbocycles. The lowest BCUT2D eigenvalue weighted by atomic mass is 9.89. The summed E-state index contributed by atoms with van der Waals surface area (Å²) in [6.07, 6.45) is 7.46. The van der Waals surface area contributed by atoms with Gasteiger partial charge < -0.3 is 25.2 Å². The molecule has 5 atom stereocenters. The number of allylic oxidation sites excluding steroid dienone is 2. The second-order valence-electron chi connectivity index (χ2n) is 7.18. The van der Waals surface area contributed by atoms with Crippen molar-refractivity contribution in [1.82, 2.24) is 0 Å². The van der Waals surface area contributed by atoms with E-state index in [1.807, 2.05) is 42.5 Å². The maximum absolute atomic E-state index is 10.5. The van der Waals surface area contributed by atoms with Gasteiger partial charge in [0.15, 0.2) is 0 Å². The number of ether oxygens (including phenoxy) is 1. The average Bonchev–Trinajstić information content (AvgIpc) is 2.94. The first kappa shape index (κ1) is 22.1. The second-order valence-corrected chi connectivity index (χ2v) is 7.18. The van der Waals surface area contributed by atoms with Crippen LogP contribution in [0.5, 0.6) is 5.75 Å². The largest absolute Gasteiger partial charge is 0.491 e. The Labute approximate surface area is 165 Å². The van der Waals surface area contributed by atoms with Crippen LogP contribution in [0.4, 0.5) is 0 Å². The van der Waals surface area contributed by atoms with E-state index in [-0.39, 0.29) is 24.9 Å². The Morgan fingerprint density at radius 2 is 1.93 bits per heavy atom. The number of carboxylic acids is 1. The minimum absolute atomic E-state index is 0.111. The Bertz CT molecular complexity index is 642. The number of rotatable bonds is 11. The Kier molecular flexibility index (Phi) is 9.20. The zero-order valence-electron chi connectivity index (χ0n) is 15.9. The lowest BCUT2D eigenvalue weighted by Gasteiger charge is -2.19. The molecule has 2 rings (SSSR count). The molecule has 6 nitrogen and oxygen atoms in total. The fraction of sp³-hybridized carbons (Fsp3) is 0.500. The third-order valence-corrected chi connectivity index (χ3v) is 4.97. The summed E-state index contributed by atoms with van der Waals surface area (Å²) < 4.78 is 5.51. The topological polar surface area (TPSA) is 107 Å². The maximum atomic E-state index is 10.5. The van der Waals surface area contributed by atoms with Crippen molar-refractivity contribution >= 4 is 5.97 Å². The van der Waals surface area contributed by atoms with Crippen molar-refractivity contribution in [3.63, 3.8) is 0 Å². The molecule has 6 heteroatoms. The van der Waals surface area contributed by atoms with Crippen molar-refractivity contribution in [3.8, 4) is 5.75 Å². The minimum Gasteiger partial charge on any atom is -0.491 e. The predicted octanol–water partition coefficient (Wildman–Crippen LogP) is 2.54. The van der Waals surface area contributed by atoms with Crippen molar-refractivity contribution in [2.45, 2.75) is 50.4 Å². The molecule has 1 aliphatic rings. The van der Waals surface area contributed by atoms with Crippen LogP contribution in [-0.2, 0) is 4.79 Å². The highest BCUT2D eigenvalue weighted by molar-refractivity contribution is 5.66. The van der Waals surface area contributed by atoms with Crippen molar-refractivity contribution < 1.29 is 30.0 Å². The Morgan fingerprint density at radius 3 is 2.64 bits per heavy atom. The number of para-hydroxylation sites is 1. The molecule has 1 aliphatic carbocycles. The zero-order chi connectivity index (χ0) is 20.4. The van der Waals surface area contributed by atoms with Gasteiger partial charge in [0.2, 0.25) is 0 Å². The van der Waals surface area contributed by atoms with Gasteiger partial charge in [-0.05, 0) is 37.3 Å². The van der Waals surface area contributed by atoms with Crippen LogP contribution in [0.25, 0.3) is 0 Å². The Hall–Kier alpha value is -2.15. The lowest BCUT2D eigenvalue weighted by Crippen LogP contribution is -2.21. The quantitative estimate of drug-likeness (QED) is 0.342. The summed E-state index contributed by atoms with van der Waals surface area (Å²) in [5.74, 6) is -0.505. The van der Waals surface area contributed by atoms with Crippen LogP contribution in [-0.4, -0.2) is 51.3 Å². The smallest absolute Gasteiger partial charge is 0.303 e. The number of benzene rings is 1. The molecule has 154 valence electrons. The van der Waals surface area contributed by atoms with Crippen LogP contribution in [0.2, 0.25) is 0 Å². The number of aliphatic hydroxyl groups is 3. The second kappa shape index (κ2) is 11.6. The molecule has 0 amide bonds. The zero-order valence-corrected chi connectivity index (χ0v) is 15.9. The molecule has 0 radical (unpaired) electrons. The standard InChI is InChI=1S/C22H30O6/c23-16(15-28-17-8-4-3-5-9-17)12-13-19-18(20(24)14-21(19)25)10-6-1-2-7-11-22(26)27/h1,3-6,8-9,12-13,16,18-21,23-25H,2,7,10-11,14-15H2,(H,26,27)/b6-1?,13-12-/t16-,18-,19+,20-,21-/m1/s1. The molecule has 28 heavy (non-hydrogen) atoms. The van der Waals surface area contributed by atoms with E-state index in [9.17, 15) is 20.1 Å². The van der Waals surface area contributed by atoms with Crippen LogP contribution in [0.1, 0.15) is 32.1 Å². The highest BCUT2D eigenvalue weighted by atomic mass is 16.5. The van der Waals surface area contributed by atoms with Crippen LogP contribution >= 0.6 is 0 Å². The summed E-state index contributed by atoms with van der Waals surface area (Å²) in [7, 11) is 0. The summed E-state index contributed by atoms with van der Waals surface area (Å²) >= 11 is 0. The van der Waals surface area contributed by atoms with Crippen molar-refractivity contribution in [2.24, 2.45) is 11.8 Å². The molecular formula is C22H30O6. The summed E-state index contributed by atoms with van der Waals surface area (Å²) in [6, 6.07) is 9.22. The van der Waals surface area contributed by atoms with Gasteiger partial charge in [-0.25, -0.2) is 0 Å². The number of hydrogen-bond donors (Lipinski definition) is 4. The van der Waals surface area contributed by atoms with Gasteiger partial charge in [0.25, 0.3) is 0 Å². The summed E-state index contributed by atoms with van der Waals surface area (Å²) in [4.78, 5) is 10.5. The van der Waals surface area contributed by atoms with E-state index in [1.54, 1.807) is 12.2 Å². The third kappa shape index (κ3) is 7.46. The van der Waals surface area contributed by atoms with Crippen LogP contribution < -0.4 is 4.74 Å². The van der Waals surface area contributed by atoms with E-state index < -0.39 is 24.3 Å². The fourth-order valence-corrected chi connectivity index (χ4v) is 3.46. The monoisotopic (exact) mass is 390 g/mol. The number of aliphatic carboxylic acids is 1. The number of carboxylic acid groups (broad SMARTS) is 1. The van der Waals surface area contributed by atoms with E-state index in [0.717, 1.165) is 0 Å². The molecule has 1 fully saturated rings. The highest BCUT2D eigenvalue weighted by Crippen LogP contribution is 2.36. The molecule has 4 N–H and O–H groups in total. The van der Waals surface area contributed by atoms with E-state index in [1.165, 1.54) is 0 Å². The lowest BCUT2D eigenvalue weighted by molar-refractivity contribution is -0.137. The molecule has 0 aliphatic heterocycles. The van der Waals surface area contributed by atoms with Gasteiger partial charge in [-0.2, -0.15) is 0 Å². The molecule has 0 unspecified atom stereocenters. The van der Waals surface area contributed by atoms with Crippen molar-refractivity contribution in [3.05, 3.63) is 54.6 Å². The van der Waals surface area contributed by atoms with Gasteiger partial charge in [-0.3, -0.25) is 4.79 Å². The summed E-state index contributed by atoms with van der Waals surface area (Å²) in [6.45, 7) is 0.111. The first-order chi connectivity index (χ1) is 13.5. The van der Waals surface area contributed by atoms with Gasteiger partial charge >= 0.3 is 5.97 Å². The number of hydrogen-bond acceptors (Lipinski definition) is 5. The van der Waals surface area contributed by atoms with E-state index >= 15 is 0 Å². The van der Waals surface area contributed by atoms with Crippen LogP contribution in [0.15, 0.2) is 54.6 Å². The SMILES string of the molecule is O=C(O)CCCC=CC[C@@H]1[C@H](/C=C\[C@@H](O)COc2ccccc2)[C@H](O)C[C@H]1O. The van der Waals surface area contributed by atoms with Crippen molar-refractivity contribution in [1.29, 1.82) is 0 Å². The number of carbonyl (C=O) groups is 1. The molecular weight excluding hydrogens is 360 g/mol. The molecule has 0 spiro atoms. The van der Waals surface area contributed by atoms with E-state index in [0.29, 0.717) is 31.4 Å². The van der Waals surface area contributed by atoms with E-state index in [4.69, 9.17) is 9.84 Å². The minimum atomic E-state index is -0.808. The molecule has 0 heterocycles. The first-order valence-electron chi connectivity index (χ1n) is 9.74. The summed E-state index contributed by atoms with van der Waals surface area (Å²) in [5.41, 5.74) is 0. The number of unbranched alkanes of at least 4 members (excludes halogenated alkanes) is 1. The van der Waals surface area contributed by atoms with Gasteiger partial charge in [-0.1, -0.05) is 42.5 Å². The first-order valence-corrected chi connectivity index (χ1v) is 9.74. The number of aliphatic hydroxyl groups excluding tert-OH is 3. The molecule has 0 bridgehead atoms. The fourth-order valence-electron chi connectivity index (χ4n) is 3.46. The Morgan fingerprint density at radius 1 is 1.18 bits per heavy atom. The summed E-state index contributed by atoms with van der Waals surface area (Å²) in [5, 5.41) is 39.2. The van der Waals surface area contributed by atoms with Gasteiger partial charge in [0.1, 0.15) is 18.5 Å². The van der Waals surface area contributed by atoms with Crippen LogP contribution in [0, 0.1) is 11.8 Å². The third-order valence-electron chi connectivity index (χ3n) is 4.97. The van der Waals surface area contributed by atoms with Crippen molar-refractivity contribution in [2.75, 3.05) is 6.61 Å². The molecule has 0 saturated heterocycles.